The van der Waals surface area contributed by atoms with Gasteiger partial charge < -0.3 is 20.1 Å². The molecule has 164 valence electrons. The van der Waals surface area contributed by atoms with E-state index in [9.17, 15) is 13.2 Å². The van der Waals surface area contributed by atoms with E-state index in [0.717, 1.165) is 11.3 Å². The number of hydrogen-bond acceptors (Lipinski definition) is 4. The summed E-state index contributed by atoms with van der Waals surface area (Å²) in [5, 5.41) is 6.26. The Bertz CT molecular complexity index is 832. The predicted octanol–water partition coefficient (Wildman–Crippen LogP) is 4.07. The quantitative estimate of drug-likeness (QED) is 0.219. The number of guanidine groups is 1. The van der Waals surface area contributed by atoms with Crippen molar-refractivity contribution < 1.29 is 22.6 Å². The molecule has 10 heteroatoms. The van der Waals surface area contributed by atoms with Gasteiger partial charge in [0.1, 0.15) is 12.4 Å². The summed E-state index contributed by atoms with van der Waals surface area (Å²) in [7, 11) is 1.62. The lowest BCUT2D eigenvalue weighted by Gasteiger charge is -2.15. The van der Waals surface area contributed by atoms with Gasteiger partial charge in [-0.05, 0) is 17.7 Å². The molecule has 0 amide bonds. The van der Waals surface area contributed by atoms with E-state index in [1.54, 1.807) is 19.2 Å². The number of ether oxygens (including phenoxy) is 2. The van der Waals surface area contributed by atoms with Gasteiger partial charge in [-0.2, -0.15) is 13.2 Å². The van der Waals surface area contributed by atoms with E-state index in [4.69, 9.17) is 4.74 Å². The number of rotatable bonds is 9. The highest BCUT2D eigenvalue weighted by Gasteiger charge is 2.28. The second-order valence-electron chi connectivity index (χ2n) is 5.89. The average Bonchev–Trinajstić information content (AvgIpc) is 2.71. The Morgan fingerprint density at radius 3 is 2.60 bits per heavy atom. The molecule has 0 atom stereocenters. The fourth-order valence-corrected chi connectivity index (χ4v) is 2.32. The summed E-state index contributed by atoms with van der Waals surface area (Å²) in [6, 6.07) is 10.7. The van der Waals surface area contributed by atoms with E-state index in [1.165, 1.54) is 12.3 Å². The van der Waals surface area contributed by atoms with E-state index in [2.05, 4.69) is 31.9 Å². The molecule has 2 rings (SSSR count). The van der Waals surface area contributed by atoms with Crippen LogP contribution in [0, 0.1) is 0 Å². The van der Waals surface area contributed by atoms with Gasteiger partial charge >= 0.3 is 6.18 Å². The van der Waals surface area contributed by atoms with Gasteiger partial charge in [0.15, 0.2) is 12.6 Å². The first-order chi connectivity index (χ1) is 13.9. The van der Waals surface area contributed by atoms with Crippen molar-refractivity contribution in [2.75, 3.05) is 20.3 Å². The Balaban J connectivity index is 0.00000450. The molecule has 1 aromatic carbocycles. The summed E-state index contributed by atoms with van der Waals surface area (Å²) >= 11 is 0. The van der Waals surface area contributed by atoms with Crippen molar-refractivity contribution in [2.24, 2.45) is 4.99 Å². The van der Waals surface area contributed by atoms with Gasteiger partial charge in [0.05, 0.1) is 0 Å². The highest BCUT2D eigenvalue weighted by molar-refractivity contribution is 14.0. The highest BCUT2D eigenvalue weighted by atomic mass is 127. The molecule has 0 saturated carbocycles. The summed E-state index contributed by atoms with van der Waals surface area (Å²) in [6.07, 6.45) is -1.34. The largest absolute Gasteiger partial charge is 0.489 e. The monoisotopic (exact) mass is 536 g/mol. The number of nitrogens with zero attached hydrogens (tertiary/aromatic N) is 2. The molecular formula is C20H24F3IN4O2. The number of nitrogens with one attached hydrogen (secondary N) is 2. The van der Waals surface area contributed by atoms with Crippen LogP contribution in [-0.4, -0.2) is 37.4 Å². The van der Waals surface area contributed by atoms with Crippen molar-refractivity contribution in [2.45, 2.75) is 19.3 Å². The maximum Gasteiger partial charge on any atom is 0.422 e. The van der Waals surface area contributed by atoms with E-state index in [0.29, 0.717) is 31.2 Å². The topological polar surface area (TPSA) is 67.8 Å². The molecule has 6 nitrogen and oxygen atoms in total. The first-order valence-electron chi connectivity index (χ1n) is 8.82. The third-order valence-electron chi connectivity index (χ3n) is 3.64. The van der Waals surface area contributed by atoms with Crippen LogP contribution in [0.25, 0.3) is 0 Å². The summed E-state index contributed by atoms with van der Waals surface area (Å²) in [5.74, 6) is 1.19. The van der Waals surface area contributed by atoms with Crippen LogP contribution in [-0.2, 0) is 13.1 Å². The maximum absolute atomic E-state index is 12.3. The minimum Gasteiger partial charge on any atom is -0.489 e. The number of hydrogen-bond donors (Lipinski definition) is 2. The fourth-order valence-electron chi connectivity index (χ4n) is 2.32. The van der Waals surface area contributed by atoms with Gasteiger partial charge in [0.2, 0.25) is 5.88 Å². The number of aromatic nitrogens is 1. The molecule has 1 aromatic heterocycles. The summed E-state index contributed by atoms with van der Waals surface area (Å²) < 4.78 is 47.1. The number of aliphatic imine (C=N–C) groups is 1. The Hall–Kier alpha value is -2.50. The zero-order valence-corrected chi connectivity index (χ0v) is 18.7. The smallest absolute Gasteiger partial charge is 0.422 e. The number of benzene rings is 1. The number of alkyl halides is 3. The second kappa shape index (κ2) is 12.9. The molecule has 30 heavy (non-hydrogen) atoms. The molecule has 0 spiro atoms. The van der Waals surface area contributed by atoms with Gasteiger partial charge in [-0.1, -0.05) is 30.9 Å². The van der Waals surface area contributed by atoms with E-state index in [-0.39, 0.29) is 29.9 Å². The average molecular weight is 536 g/mol. The third kappa shape index (κ3) is 9.33. The lowest BCUT2D eigenvalue weighted by molar-refractivity contribution is -0.154. The minimum atomic E-state index is -4.41. The standard InChI is InChI=1S/C20H23F3N4O2.HI/c1-3-10-28-17-7-5-4-6-16(17)13-27-19(24-2)26-12-15-8-9-25-18(11-15)29-14-20(21,22)23;/h3-9,11H,1,10,12-14H2,2H3,(H2,24,26,27);1H. The van der Waals surface area contributed by atoms with Crippen molar-refractivity contribution >= 4 is 29.9 Å². The van der Waals surface area contributed by atoms with Crippen molar-refractivity contribution in [3.63, 3.8) is 0 Å². The highest BCUT2D eigenvalue weighted by Crippen LogP contribution is 2.18. The van der Waals surface area contributed by atoms with Crippen molar-refractivity contribution in [1.29, 1.82) is 0 Å². The summed E-state index contributed by atoms with van der Waals surface area (Å²) in [6.45, 7) is 3.47. The fraction of sp³-hybridized carbons (Fsp3) is 0.300. The van der Waals surface area contributed by atoms with Crippen molar-refractivity contribution in [3.05, 3.63) is 66.4 Å². The lowest BCUT2D eigenvalue weighted by atomic mass is 10.2. The molecule has 0 aliphatic carbocycles. The molecule has 0 saturated heterocycles. The first kappa shape index (κ1) is 25.5. The van der Waals surface area contributed by atoms with Crippen LogP contribution in [0.4, 0.5) is 13.2 Å². The molecule has 0 radical (unpaired) electrons. The van der Waals surface area contributed by atoms with Crippen LogP contribution < -0.4 is 20.1 Å². The molecule has 0 bridgehead atoms. The van der Waals surface area contributed by atoms with Crippen molar-refractivity contribution in [1.82, 2.24) is 15.6 Å². The maximum atomic E-state index is 12.3. The van der Waals surface area contributed by atoms with Crippen LogP contribution >= 0.6 is 24.0 Å². The van der Waals surface area contributed by atoms with Crippen LogP contribution in [0.15, 0.2) is 60.2 Å². The summed E-state index contributed by atoms with van der Waals surface area (Å²) in [5.41, 5.74) is 1.65. The predicted molar refractivity (Wildman–Crippen MR) is 120 cm³/mol. The molecule has 0 unspecified atom stereocenters. The summed E-state index contributed by atoms with van der Waals surface area (Å²) in [4.78, 5) is 7.93. The zero-order valence-electron chi connectivity index (χ0n) is 16.4. The molecule has 2 N–H and O–H groups in total. The minimum absolute atomic E-state index is 0. The SMILES string of the molecule is C=CCOc1ccccc1CNC(=NC)NCc1ccnc(OCC(F)(F)F)c1.I. The van der Waals surface area contributed by atoms with Gasteiger partial charge in [0, 0.05) is 38.0 Å². The van der Waals surface area contributed by atoms with Crippen LogP contribution in [0.3, 0.4) is 0 Å². The molecule has 2 aromatic rings. The number of halogens is 4. The molecule has 1 heterocycles. The van der Waals surface area contributed by atoms with Crippen LogP contribution in [0.2, 0.25) is 0 Å². The van der Waals surface area contributed by atoms with Gasteiger partial charge in [-0.3, -0.25) is 4.99 Å². The third-order valence-corrected chi connectivity index (χ3v) is 3.64. The van der Waals surface area contributed by atoms with Crippen molar-refractivity contribution in [3.8, 4) is 11.6 Å². The molecule has 0 fully saturated rings. The Morgan fingerprint density at radius 2 is 1.90 bits per heavy atom. The van der Waals surface area contributed by atoms with E-state index < -0.39 is 12.8 Å². The van der Waals surface area contributed by atoms with E-state index >= 15 is 0 Å². The second-order valence-corrected chi connectivity index (χ2v) is 5.89. The van der Waals surface area contributed by atoms with Gasteiger partial charge in [0.25, 0.3) is 0 Å². The molecular weight excluding hydrogens is 512 g/mol. The van der Waals surface area contributed by atoms with E-state index in [1.807, 2.05) is 24.3 Å². The molecule has 0 aliphatic rings. The number of para-hydroxylation sites is 1. The zero-order chi connectivity index (χ0) is 21.1. The van der Waals surface area contributed by atoms with Gasteiger partial charge in [-0.15, -0.1) is 24.0 Å². The van der Waals surface area contributed by atoms with Crippen LogP contribution in [0.5, 0.6) is 11.6 Å². The first-order valence-corrected chi connectivity index (χ1v) is 8.82. The lowest BCUT2D eigenvalue weighted by Crippen LogP contribution is -2.36. The molecule has 0 aliphatic heterocycles. The Kier molecular flexibility index (Phi) is 11.0. The normalized spacial score (nSPS) is 11.3. The van der Waals surface area contributed by atoms with Gasteiger partial charge in [-0.25, -0.2) is 4.98 Å². The Labute approximate surface area is 190 Å². The van der Waals surface area contributed by atoms with Crippen LogP contribution in [0.1, 0.15) is 11.1 Å². The number of pyridine rings is 1. The Morgan fingerprint density at radius 1 is 1.17 bits per heavy atom.